The van der Waals surface area contributed by atoms with Gasteiger partial charge in [0.25, 0.3) is 11.1 Å². The maximum absolute atomic E-state index is 13.1. The van der Waals surface area contributed by atoms with Crippen LogP contribution in [0.25, 0.3) is 11.8 Å². The molecule has 2 aromatic rings. The first-order valence-electron chi connectivity index (χ1n) is 12.9. The molecule has 1 aromatic heterocycles. The molecule has 2 aliphatic rings. The van der Waals surface area contributed by atoms with Gasteiger partial charge in [-0.2, -0.15) is 0 Å². The Bertz CT molecular complexity index is 1160. The Labute approximate surface area is 218 Å². The van der Waals surface area contributed by atoms with E-state index in [1.54, 1.807) is 11.0 Å². The third-order valence-corrected chi connectivity index (χ3v) is 8.03. The molecule has 0 saturated carbocycles. The monoisotopic (exact) mass is 508 g/mol. The van der Waals surface area contributed by atoms with Crippen LogP contribution in [0.15, 0.2) is 35.2 Å². The lowest BCUT2D eigenvalue weighted by Crippen LogP contribution is -2.42. The number of carbonyl (C=O) groups excluding carboxylic acids is 3. The summed E-state index contributed by atoms with van der Waals surface area (Å²) >= 11 is 0.912. The van der Waals surface area contributed by atoms with Gasteiger partial charge in [0.05, 0.1) is 4.91 Å². The Morgan fingerprint density at radius 3 is 2.25 bits per heavy atom. The van der Waals surface area contributed by atoms with Gasteiger partial charge in [0.1, 0.15) is 6.54 Å². The molecule has 1 aromatic carbocycles. The smallest absolute Gasteiger partial charge is 0.294 e. The number of likely N-dealkylation sites (tertiary alicyclic amines) is 1. The molecule has 2 aliphatic heterocycles. The van der Waals surface area contributed by atoms with E-state index in [2.05, 4.69) is 47.6 Å². The van der Waals surface area contributed by atoms with E-state index in [0.29, 0.717) is 18.0 Å². The number of anilines is 1. The molecule has 36 heavy (non-hydrogen) atoms. The maximum atomic E-state index is 13.1. The third kappa shape index (κ3) is 5.38. The van der Waals surface area contributed by atoms with Crippen molar-refractivity contribution in [2.24, 2.45) is 0 Å². The molecule has 0 unspecified atom stereocenters. The molecule has 0 bridgehead atoms. The Hall–Kier alpha value is -3.00. The fourth-order valence-electron chi connectivity index (χ4n) is 5.07. The van der Waals surface area contributed by atoms with Gasteiger partial charge in [0, 0.05) is 48.9 Å². The average molecular weight is 509 g/mol. The molecule has 0 atom stereocenters. The summed E-state index contributed by atoms with van der Waals surface area (Å²) < 4.78 is 2.16. The summed E-state index contributed by atoms with van der Waals surface area (Å²) in [7, 11) is 0. The normalized spacial score (nSPS) is 17.7. The second-order valence-electron chi connectivity index (χ2n) is 9.41. The molecule has 8 heteroatoms. The number of aromatic nitrogens is 1. The van der Waals surface area contributed by atoms with Crippen molar-refractivity contribution < 1.29 is 14.4 Å². The number of carbonyl (C=O) groups is 3. The number of aryl methyl sites for hydroxylation is 1. The van der Waals surface area contributed by atoms with Gasteiger partial charge >= 0.3 is 0 Å². The van der Waals surface area contributed by atoms with Crippen molar-refractivity contribution in [3.63, 3.8) is 0 Å². The SMILES string of the molecule is CCN(CC)c1ccc(-n2c(C)cc(C=C3SC(=O)N(CC(=O)N4CCCCCC4)C3=O)c2C)cc1. The molecule has 2 saturated heterocycles. The van der Waals surface area contributed by atoms with Crippen molar-refractivity contribution in [1.29, 1.82) is 0 Å². The minimum Gasteiger partial charge on any atom is -0.372 e. The highest BCUT2D eigenvalue weighted by molar-refractivity contribution is 8.18. The molecular formula is C28H36N4O3S. The van der Waals surface area contributed by atoms with Crippen LogP contribution >= 0.6 is 11.8 Å². The molecule has 4 rings (SSSR count). The first-order chi connectivity index (χ1) is 17.3. The molecule has 0 aliphatic carbocycles. The Kier molecular flexibility index (Phi) is 8.24. The van der Waals surface area contributed by atoms with Gasteiger partial charge in [-0.25, -0.2) is 0 Å². The van der Waals surface area contributed by atoms with E-state index in [1.807, 2.05) is 19.9 Å². The van der Waals surface area contributed by atoms with Crippen molar-refractivity contribution in [2.45, 2.75) is 53.4 Å². The number of rotatable bonds is 7. The number of hydrogen-bond donors (Lipinski definition) is 0. The van der Waals surface area contributed by atoms with Crippen molar-refractivity contribution >= 4 is 40.6 Å². The molecule has 3 amide bonds. The van der Waals surface area contributed by atoms with E-state index in [-0.39, 0.29) is 23.6 Å². The predicted octanol–water partition coefficient (Wildman–Crippen LogP) is 5.38. The zero-order chi connectivity index (χ0) is 25.8. The second-order valence-corrected chi connectivity index (χ2v) is 10.4. The first kappa shape index (κ1) is 26.1. The van der Waals surface area contributed by atoms with Crippen LogP contribution in [0.4, 0.5) is 10.5 Å². The average Bonchev–Trinajstić information content (AvgIpc) is 3.15. The molecule has 3 heterocycles. The van der Waals surface area contributed by atoms with Crippen LogP contribution in [0, 0.1) is 13.8 Å². The minimum absolute atomic E-state index is 0.146. The summed E-state index contributed by atoms with van der Waals surface area (Å²) in [5.41, 5.74) is 5.18. The Balaban J connectivity index is 1.52. The van der Waals surface area contributed by atoms with E-state index >= 15 is 0 Å². The van der Waals surface area contributed by atoms with Crippen LogP contribution in [0.3, 0.4) is 0 Å². The molecular weight excluding hydrogens is 472 g/mol. The van der Waals surface area contributed by atoms with Gasteiger partial charge in [0.2, 0.25) is 5.91 Å². The van der Waals surface area contributed by atoms with Gasteiger partial charge in [-0.1, -0.05) is 12.8 Å². The summed E-state index contributed by atoms with van der Waals surface area (Å²) in [6, 6.07) is 10.5. The van der Waals surface area contributed by atoms with E-state index in [1.165, 1.54) is 5.69 Å². The molecule has 0 radical (unpaired) electrons. The quantitative estimate of drug-likeness (QED) is 0.470. The van der Waals surface area contributed by atoms with Gasteiger partial charge in [-0.3, -0.25) is 19.3 Å². The van der Waals surface area contributed by atoms with Crippen LogP contribution in [0.2, 0.25) is 0 Å². The summed E-state index contributed by atoms with van der Waals surface area (Å²) in [6.45, 7) is 11.5. The van der Waals surface area contributed by atoms with Gasteiger partial charge < -0.3 is 14.4 Å². The molecule has 0 spiro atoms. The molecule has 2 fully saturated rings. The van der Waals surface area contributed by atoms with Crippen molar-refractivity contribution in [3.05, 3.63) is 52.2 Å². The van der Waals surface area contributed by atoms with Crippen LogP contribution in [0.5, 0.6) is 0 Å². The fraction of sp³-hybridized carbons (Fsp3) is 0.464. The lowest BCUT2D eigenvalue weighted by molar-refractivity contribution is -0.135. The van der Waals surface area contributed by atoms with Crippen molar-refractivity contribution in [2.75, 3.05) is 37.6 Å². The fourth-order valence-corrected chi connectivity index (χ4v) is 5.89. The summed E-state index contributed by atoms with van der Waals surface area (Å²) in [4.78, 5) is 44.0. The van der Waals surface area contributed by atoms with Crippen LogP contribution in [-0.2, 0) is 9.59 Å². The number of imide groups is 1. The van der Waals surface area contributed by atoms with Crippen LogP contribution in [0.1, 0.15) is 56.5 Å². The number of hydrogen-bond acceptors (Lipinski definition) is 5. The molecule has 7 nitrogen and oxygen atoms in total. The summed E-state index contributed by atoms with van der Waals surface area (Å²) in [5.74, 6) is -0.534. The number of benzene rings is 1. The topological polar surface area (TPSA) is 65.9 Å². The predicted molar refractivity (Wildman–Crippen MR) is 147 cm³/mol. The minimum atomic E-state index is -0.387. The molecule has 192 valence electrons. The highest BCUT2D eigenvalue weighted by atomic mass is 32.2. The Morgan fingerprint density at radius 2 is 1.64 bits per heavy atom. The van der Waals surface area contributed by atoms with Crippen molar-refractivity contribution in [1.82, 2.24) is 14.4 Å². The third-order valence-electron chi connectivity index (χ3n) is 7.12. The lowest BCUT2D eigenvalue weighted by atomic mass is 10.2. The zero-order valence-electron chi connectivity index (χ0n) is 21.7. The Morgan fingerprint density at radius 1 is 1.00 bits per heavy atom. The first-order valence-corrected chi connectivity index (χ1v) is 13.7. The number of nitrogens with zero attached hydrogens (tertiary/aromatic N) is 4. The van der Waals surface area contributed by atoms with Gasteiger partial charge in [-0.15, -0.1) is 0 Å². The number of thioether (sulfide) groups is 1. The summed E-state index contributed by atoms with van der Waals surface area (Å²) in [6.07, 6.45) is 5.96. The van der Waals surface area contributed by atoms with Crippen molar-refractivity contribution in [3.8, 4) is 5.69 Å². The highest BCUT2D eigenvalue weighted by Crippen LogP contribution is 2.34. The maximum Gasteiger partial charge on any atom is 0.294 e. The summed E-state index contributed by atoms with van der Waals surface area (Å²) in [5, 5.41) is -0.379. The van der Waals surface area contributed by atoms with E-state index in [9.17, 15) is 14.4 Å². The lowest BCUT2D eigenvalue weighted by Gasteiger charge is -2.22. The van der Waals surface area contributed by atoms with Crippen LogP contribution < -0.4 is 4.90 Å². The van der Waals surface area contributed by atoms with Gasteiger partial charge in [0.15, 0.2) is 0 Å². The second kappa shape index (κ2) is 11.4. The van der Waals surface area contributed by atoms with E-state index in [0.717, 1.165) is 78.1 Å². The van der Waals surface area contributed by atoms with E-state index in [4.69, 9.17) is 0 Å². The largest absolute Gasteiger partial charge is 0.372 e. The standard InChI is InChI=1S/C28H36N4O3S/c1-5-29(6-2)23-11-13-24(14-12-23)32-20(3)17-22(21(32)4)18-25-27(34)31(28(35)36-25)19-26(33)30-15-9-7-8-10-16-30/h11-14,17-18H,5-10,15-16,19H2,1-4H3. The van der Waals surface area contributed by atoms with Gasteiger partial charge in [-0.05, 0) is 94.3 Å². The zero-order valence-corrected chi connectivity index (χ0v) is 22.6. The number of amides is 3. The van der Waals surface area contributed by atoms with E-state index < -0.39 is 0 Å². The molecule has 0 N–H and O–H groups in total. The van der Waals surface area contributed by atoms with Crippen LogP contribution in [-0.4, -0.2) is 64.1 Å². The highest BCUT2D eigenvalue weighted by Gasteiger charge is 2.37.